The second kappa shape index (κ2) is 36.5. The largest absolute Gasteiger partial charge is 0.473 e. The van der Waals surface area contributed by atoms with Crippen LogP contribution in [0.5, 0.6) is 0 Å². The van der Waals surface area contributed by atoms with Crippen molar-refractivity contribution in [3.05, 3.63) is 48.6 Å². The van der Waals surface area contributed by atoms with Gasteiger partial charge in [0.25, 0.3) is 0 Å². The molecule has 0 aliphatic heterocycles. The standard InChI is InChI=1S/C41H74NO8P/c1-3-5-7-9-11-13-15-17-18-19-20-22-24-26-28-30-32-34-41(45)49-38(36-43)37-48-51(46,47)50-40(35-42)39(44)33-31-29-27-25-23-21-16-14-12-10-8-6-4-2/h11,13,17-18,20,22,26,28,38,40,43H,3-10,12,14-16,19,21,23-25,27,29-37,42H2,1-2H3,(H,46,47)/b13-11-,18-17-,22-20-,28-26-/t38-,40?/m1/s1. The molecule has 0 spiro atoms. The van der Waals surface area contributed by atoms with Gasteiger partial charge in [-0.2, -0.15) is 0 Å². The van der Waals surface area contributed by atoms with Gasteiger partial charge < -0.3 is 20.5 Å². The number of aliphatic hydroxyl groups excluding tert-OH is 1. The highest BCUT2D eigenvalue weighted by atomic mass is 31.2. The van der Waals surface area contributed by atoms with E-state index in [4.69, 9.17) is 19.5 Å². The number of phosphoric acid groups is 1. The van der Waals surface area contributed by atoms with Crippen molar-refractivity contribution < 1.29 is 37.9 Å². The lowest BCUT2D eigenvalue weighted by Crippen LogP contribution is -2.32. The predicted octanol–water partition coefficient (Wildman–Crippen LogP) is 10.5. The predicted molar refractivity (Wildman–Crippen MR) is 210 cm³/mol. The van der Waals surface area contributed by atoms with Crippen molar-refractivity contribution in [1.82, 2.24) is 0 Å². The van der Waals surface area contributed by atoms with E-state index in [1.807, 2.05) is 12.2 Å². The summed E-state index contributed by atoms with van der Waals surface area (Å²) in [4.78, 5) is 34.9. The monoisotopic (exact) mass is 740 g/mol. The Bertz CT molecular complexity index is 996. The topological polar surface area (TPSA) is 145 Å². The van der Waals surface area contributed by atoms with E-state index in [1.54, 1.807) is 0 Å². The van der Waals surface area contributed by atoms with Crippen molar-refractivity contribution in [3.63, 3.8) is 0 Å². The number of ether oxygens (including phenoxy) is 1. The van der Waals surface area contributed by atoms with Gasteiger partial charge in [0.2, 0.25) is 0 Å². The molecule has 0 saturated heterocycles. The highest BCUT2D eigenvalue weighted by Gasteiger charge is 2.31. The van der Waals surface area contributed by atoms with Gasteiger partial charge >= 0.3 is 13.8 Å². The van der Waals surface area contributed by atoms with Crippen LogP contribution in [0, 0.1) is 0 Å². The first-order valence-corrected chi connectivity index (χ1v) is 21.6. The highest BCUT2D eigenvalue weighted by molar-refractivity contribution is 7.47. The van der Waals surface area contributed by atoms with E-state index in [-0.39, 0.29) is 25.2 Å². The number of hydrogen-bond donors (Lipinski definition) is 3. The number of ketones is 1. The van der Waals surface area contributed by atoms with Crippen molar-refractivity contribution in [2.45, 2.75) is 180 Å². The van der Waals surface area contributed by atoms with Gasteiger partial charge in [-0.1, -0.05) is 152 Å². The first kappa shape index (κ1) is 49.1. The molecule has 10 heteroatoms. The molecule has 0 heterocycles. The quantitative estimate of drug-likeness (QED) is 0.0245. The maximum atomic E-state index is 12.6. The van der Waals surface area contributed by atoms with Crippen molar-refractivity contribution in [3.8, 4) is 0 Å². The summed E-state index contributed by atoms with van der Waals surface area (Å²) >= 11 is 0. The van der Waals surface area contributed by atoms with Crippen LogP contribution >= 0.6 is 7.82 Å². The third kappa shape index (κ3) is 33.7. The fourth-order valence-corrected chi connectivity index (χ4v) is 6.31. The smallest absolute Gasteiger partial charge is 0.457 e. The molecule has 0 aromatic rings. The molecule has 0 amide bonds. The molecule has 0 aliphatic carbocycles. The summed E-state index contributed by atoms with van der Waals surface area (Å²) in [7, 11) is -4.68. The number of hydrogen-bond acceptors (Lipinski definition) is 8. The average Bonchev–Trinajstić information content (AvgIpc) is 3.12. The summed E-state index contributed by atoms with van der Waals surface area (Å²) in [5.74, 6) is -0.896. The molecule has 0 radical (unpaired) electrons. The van der Waals surface area contributed by atoms with Crippen LogP contribution in [-0.4, -0.2) is 53.7 Å². The van der Waals surface area contributed by atoms with E-state index in [0.717, 1.165) is 38.5 Å². The van der Waals surface area contributed by atoms with Crippen LogP contribution in [0.4, 0.5) is 0 Å². The molecule has 51 heavy (non-hydrogen) atoms. The molecule has 0 saturated carbocycles. The van der Waals surface area contributed by atoms with E-state index in [9.17, 15) is 24.2 Å². The van der Waals surface area contributed by atoms with Crippen LogP contribution in [0.1, 0.15) is 168 Å². The molecule has 9 nitrogen and oxygen atoms in total. The maximum Gasteiger partial charge on any atom is 0.473 e. The lowest BCUT2D eigenvalue weighted by atomic mass is 10.0. The summed E-state index contributed by atoms with van der Waals surface area (Å²) in [6.45, 7) is 3.04. The zero-order valence-electron chi connectivity index (χ0n) is 32.2. The first-order valence-electron chi connectivity index (χ1n) is 20.1. The van der Waals surface area contributed by atoms with Gasteiger partial charge in [-0.3, -0.25) is 18.6 Å². The molecule has 0 aromatic carbocycles. The first-order chi connectivity index (χ1) is 24.8. The number of unbranched alkanes of at least 4 members (excludes halogenated alkanes) is 16. The summed E-state index contributed by atoms with van der Waals surface area (Å²) in [5, 5.41) is 9.59. The molecule has 0 rings (SSSR count). The van der Waals surface area contributed by atoms with Gasteiger partial charge in [-0.25, -0.2) is 4.57 Å². The fourth-order valence-electron chi connectivity index (χ4n) is 5.37. The number of carbonyl (C=O) groups excluding carboxylic acids is 2. The Morgan fingerprint density at radius 1 is 0.647 bits per heavy atom. The molecule has 0 aliphatic rings. The van der Waals surface area contributed by atoms with Gasteiger partial charge in [-0.05, 0) is 51.4 Å². The normalized spacial score (nSPS) is 14.6. The third-order valence-electron chi connectivity index (χ3n) is 8.49. The Labute approximate surface area is 311 Å². The Kier molecular flexibility index (Phi) is 35.1. The Hall–Kier alpha value is -1.87. The van der Waals surface area contributed by atoms with E-state index in [0.29, 0.717) is 19.3 Å². The van der Waals surface area contributed by atoms with Crippen LogP contribution in [0.3, 0.4) is 0 Å². The second-order valence-corrected chi connectivity index (χ2v) is 14.7. The average molecular weight is 740 g/mol. The van der Waals surface area contributed by atoms with Gasteiger partial charge in [0.1, 0.15) is 12.2 Å². The van der Waals surface area contributed by atoms with Crippen LogP contribution in [-0.2, 0) is 27.9 Å². The lowest BCUT2D eigenvalue weighted by molar-refractivity contribution is -0.153. The van der Waals surface area contributed by atoms with Gasteiger partial charge in [0.15, 0.2) is 5.78 Å². The van der Waals surface area contributed by atoms with Crippen LogP contribution in [0.15, 0.2) is 48.6 Å². The minimum Gasteiger partial charge on any atom is -0.457 e. The van der Waals surface area contributed by atoms with Crippen molar-refractivity contribution >= 4 is 19.6 Å². The highest BCUT2D eigenvalue weighted by Crippen LogP contribution is 2.45. The molecule has 2 unspecified atom stereocenters. The molecule has 0 bridgehead atoms. The van der Waals surface area contributed by atoms with Crippen molar-refractivity contribution in [1.29, 1.82) is 0 Å². The SMILES string of the molecule is CCCCC/C=C\C/C=C\C/C=C\C/C=C\CCCC(=O)O[C@H](CO)COP(=O)(O)OC(CN)C(=O)CCCCCCCCCCCCCCC. The van der Waals surface area contributed by atoms with E-state index in [1.165, 1.54) is 83.5 Å². The number of rotatable bonds is 37. The molecule has 0 aromatic heterocycles. The number of Topliss-reactive ketones (excluding diaryl/α,β-unsaturated/α-hetero) is 1. The lowest BCUT2D eigenvalue weighted by Gasteiger charge is -2.21. The van der Waals surface area contributed by atoms with Crippen molar-refractivity contribution in [2.24, 2.45) is 5.73 Å². The Balaban J connectivity index is 4.09. The molecular formula is C41H74NO8P. The minimum absolute atomic E-state index is 0.130. The molecule has 0 fully saturated rings. The Morgan fingerprint density at radius 3 is 1.59 bits per heavy atom. The minimum atomic E-state index is -4.68. The van der Waals surface area contributed by atoms with E-state index in [2.05, 4.69) is 50.3 Å². The van der Waals surface area contributed by atoms with Crippen LogP contribution < -0.4 is 5.73 Å². The zero-order chi connectivity index (χ0) is 37.7. The maximum absolute atomic E-state index is 12.6. The van der Waals surface area contributed by atoms with E-state index >= 15 is 0 Å². The molecular weight excluding hydrogens is 665 g/mol. The van der Waals surface area contributed by atoms with Crippen LogP contribution in [0.25, 0.3) is 0 Å². The zero-order valence-corrected chi connectivity index (χ0v) is 33.1. The number of allylic oxidation sites excluding steroid dienone is 8. The number of phosphoric ester groups is 1. The third-order valence-corrected chi connectivity index (χ3v) is 9.49. The van der Waals surface area contributed by atoms with Gasteiger partial charge in [-0.15, -0.1) is 0 Å². The van der Waals surface area contributed by atoms with Gasteiger partial charge in [0, 0.05) is 19.4 Å². The molecule has 3 atom stereocenters. The molecule has 4 N–H and O–H groups in total. The number of esters is 1. The number of nitrogens with two attached hydrogens (primary N) is 1. The van der Waals surface area contributed by atoms with E-state index < -0.39 is 39.2 Å². The number of carbonyl (C=O) groups is 2. The summed E-state index contributed by atoms with van der Waals surface area (Å²) in [6.07, 6.45) is 39.5. The molecule has 296 valence electrons. The van der Waals surface area contributed by atoms with Gasteiger partial charge in [0.05, 0.1) is 13.2 Å². The fraction of sp³-hybridized carbons (Fsp3) is 0.756. The second-order valence-electron chi connectivity index (χ2n) is 13.3. The van der Waals surface area contributed by atoms with Crippen LogP contribution in [0.2, 0.25) is 0 Å². The summed E-state index contributed by atoms with van der Waals surface area (Å²) in [6, 6.07) is 0. The summed E-state index contributed by atoms with van der Waals surface area (Å²) in [5.41, 5.74) is 5.65. The Morgan fingerprint density at radius 2 is 1.10 bits per heavy atom. The summed E-state index contributed by atoms with van der Waals surface area (Å²) < 4.78 is 27.7. The number of aliphatic hydroxyl groups is 1. The van der Waals surface area contributed by atoms with Crippen molar-refractivity contribution in [2.75, 3.05) is 19.8 Å².